The van der Waals surface area contributed by atoms with Crippen molar-refractivity contribution >= 4 is 17.8 Å². The van der Waals surface area contributed by atoms with E-state index in [4.69, 9.17) is 9.47 Å². The van der Waals surface area contributed by atoms with Crippen molar-refractivity contribution in [2.45, 2.75) is 38.4 Å². The Kier molecular flexibility index (Phi) is 7.23. The second-order valence-corrected chi connectivity index (χ2v) is 8.01. The largest absolute Gasteiger partial charge is 0.496 e. The molecule has 9 nitrogen and oxygen atoms in total. The molecule has 3 atom stereocenters. The first-order valence-electron chi connectivity index (χ1n) is 10.6. The Morgan fingerprint density at radius 3 is 2.39 bits per heavy atom. The Balaban J connectivity index is 2.29. The van der Waals surface area contributed by atoms with Crippen LogP contribution < -0.4 is 25.4 Å². The van der Waals surface area contributed by atoms with Crippen molar-refractivity contribution < 1.29 is 29.0 Å². The number of benzene rings is 2. The van der Waals surface area contributed by atoms with E-state index in [-0.39, 0.29) is 6.42 Å². The van der Waals surface area contributed by atoms with Crippen LogP contribution in [0.5, 0.6) is 11.5 Å². The van der Waals surface area contributed by atoms with Crippen LogP contribution in [0.25, 0.3) is 11.1 Å². The van der Waals surface area contributed by atoms with Crippen LogP contribution in [-0.2, 0) is 20.8 Å². The van der Waals surface area contributed by atoms with Crippen LogP contribution in [-0.4, -0.2) is 56.2 Å². The molecule has 1 heterocycles. The Hall–Kier alpha value is -3.59. The number of methoxy groups -OCH3 is 2. The van der Waals surface area contributed by atoms with Crippen molar-refractivity contribution in [1.82, 2.24) is 16.0 Å². The summed E-state index contributed by atoms with van der Waals surface area (Å²) in [4.78, 5) is 37.5. The van der Waals surface area contributed by atoms with Gasteiger partial charge in [0.05, 0.1) is 14.2 Å². The van der Waals surface area contributed by atoms with Crippen LogP contribution in [0.3, 0.4) is 0 Å². The number of likely N-dealkylation sites (N-methyl/N-ethyl adjacent to an activating group) is 1. The van der Waals surface area contributed by atoms with Gasteiger partial charge in [0.1, 0.15) is 29.6 Å². The summed E-state index contributed by atoms with van der Waals surface area (Å²) in [5, 5.41) is 17.9. The van der Waals surface area contributed by atoms with Gasteiger partial charge >= 0.3 is 5.97 Å². The summed E-state index contributed by atoms with van der Waals surface area (Å²) in [5.41, 5.74) is 3.58. The summed E-state index contributed by atoms with van der Waals surface area (Å²) in [6.45, 7) is 3.38. The van der Waals surface area contributed by atoms with E-state index in [1.807, 2.05) is 25.1 Å². The molecule has 1 aliphatic rings. The maximum Gasteiger partial charge on any atom is 0.326 e. The Morgan fingerprint density at radius 1 is 1.06 bits per heavy atom. The molecule has 1 aliphatic heterocycles. The van der Waals surface area contributed by atoms with E-state index in [1.165, 1.54) is 6.92 Å². The third-order valence-corrected chi connectivity index (χ3v) is 5.74. The fourth-order valence-corrected chi connectivity index (χ4v) is 4.10. The Bertz CT molecular complexity index is 1080. The summed E-state index contributed by atoms with van der Waals surface area (Å²) < 4.78 is 11.3. The average molecular weight is 456 g/mol. The standard InChI is InChI=1S/C24H29N3O6/c1-12-8-14-9-17(21(12)33-5)16-11-15(6-7-19(16)32-4)20(25-3)23(29)26-13(2)22(28)27-18(10-14)24(30)31/h6-9,11,13,18,20,25H,10H2,1-5H3,(H,26,29)(H,27,28)(H,30,31)/t13-,18-,20-/m0/s1. The summed E-state index contributed by atoms with van der Waals surface area (Å²) in [7, 11) is 4.76. The van der Waals surface area contributed by atoms with E-state index in [1.54, 1.807) is 33.4 Å². The van der Waals surface area contributed by atoms with Crippen molar-refractivity contribution in [3.63, 3.8) is 0 Å². The normalized spacial score (nSPS) is 20.8. The molecule has 0 aromatic heterocycles. The number of hydrogen-bond donors (Lipinski definition) is 4. The van der Waals surface area contributed by atoms with E-state index < -0.39 is 35.9 Å². The second-order valence-electron chi connectivity index (χ2n) is 8.01. The lowest BCUT2D eigenvalue weighted by molar-refractivity contribution is -0.142. The molecule has 0 unspecified atom stereocenters. The quantitative estimate of drug-likeness (QED) is 0.551. The molecular formula is C24H29N3O6. The number of carboxylic acid groups (broad SMARTS) is 1. The average Bonchev–Trinajstić information content (AvgIpc) is 2.77. The Morgan fingerprint density at radius 2 is 1.79 bits per heavy atom. The van der Waals surface area contributed by atoms with Crippen LogP contribution in [0, 0.1) is 6.92 Å². The highest BCUT2D eigenvalue weighted by Crippen LogP contribution is 2.40. The monoisotopic (exact) mass is 455 g/mol. The van der Waals surface area contributed by atoms with Gasteiger partial charge in [-0.15, -0.1) is 0 Å². The predicted octanol–water partition coefficient (Wildman–Crippen LogP) is 1.57. The molecule has 0 fully saturated rings. The lowest BCUT2D eigenvalue weighted by atomic mass is 9.92. The molecule has 3 rings (SSSR count). The third kappa shape index (κ3) is 4.93. The van der Waals surface area contributed by atoms with E-state index in [9.17, 15) is 19.5 Å². The van der Waals surface area contributed by atoms with Crippen LogP contribution >= 0.6 is 0 Å². The first-order chi connectivity index (χ1) is 15.7. The molecule has 0 saturated carbocycles. The summed E-state index contributed by atoms with van der Waals surface area (Å²) in [6.07, 6.45) is 0.0563. The van der Waals surface area contributed by atoms with E-state index in [2.05, 4.69) is 16.0 Å². The molecule has 176 valence electrons. The molecule has 2 aromatic carbocycles. The zero-order chi connectivity index (χ0) is 24.3. The number of nitrogens with one attached hydrogen (secondary N) is 3. The molecule has 0 radical (unpaired) electrons. The van der Waals surface area contributed by atoms with Gasteiger partial charge in [-0.1, -0.05) is 12.1 Å². The topological polar surface area (TPSA) is 126 Å². The number of aryl methyl sites for hydroxylation is 1. The van der Waals surface area contributed by atoms with Crippen LogP contribution in [0.2, 0.25) is 0 Å². The SMILES string of the molecule is CN[C@@H]1C(=O)N[C@@H](C)C(=O)N[C@H](C(=O)O)Cc2cc(C)c(OC)c(c2)-c2cc1ccc2OC. The van der Waals surface area contributed by atoms with Gasteiger partial charge in [0.2, 0.25) is 11.8 Å². The zero-order valence-electron chi connectivity index (χ0n) is 19.3. The van der Waals surface area contributed by atoms with Crippen LogP contribution in [0.4, 0.5) is 0 Å². The summed E-state index contributed by atoms with van der Waals surface area (Å²) in [5.74, 6) is -0.985. The highest BCUT2D eigenvalue weighted by molar-refractivity contribution is 5.92. The van der Waals surface area contributed by atoms with E-state index >= 15 is 0 Å². The number of carbonyl (C=O) groups is 3. The molecule has 2 aromatic rings. The van der Waals surface area contributed by atoms with Gasteiger partial charge in [-0.2, -0.15) is 0 Å². The number of carboxylic acids is 1. The summed E-state index contributed by atoms with van der Waals surface area (Å²) >= 11 is 0. The molecule has 0 spiro atoms. The minimum atomic E-state index is -1.17. The molecule has 33 heavy (non-hydrogen) atoms. The minimum absolute atomic E-state index is 0.0563. The van der Waals surface area contributed by atoms with Gasteiger partial charge in [0, 0.05) is 17.5 Å². The molecule has 9 heteroatoms. The van der Waals surface area contributed by atoms with Crippen LogP contribution in [0.1, 0.15) is 29.7 Å². The number of ether oxygens (including phenoxy) is 2. The fraction of sp³-hybridized carbons (Fsp3) is 0.375. The Labute approximate surface area is 192 Å². The first kappa shape index (κ1) is 24.1. The molecule has 2 amide bonds. The second kappa shape index (κ2) is 9.91. The smallest absolute Gasteiger partial charge is 0.326 e. The van der Waals surface area contributed by atoms with Gasteiger partial charge in [-0.25, -0.2) is 4.79 Å². The molecular weight excluding hydrogens is 426 g/mol. The number of fused-ring (bicyclic) bond motifs is 5. The van der Waals surface area contributed by atoms with Gasteiger partial charge in [0.25, 0.3) is 0 Å². The zero-order valence-corrected chi connectivity index (χ0v) is 19.3. The van der Waals surface area contributed by atoms with Crippen molar-refractivity contribution in [3.8, 4) is 22.6 Å². The van der Waals surface area contributed by atoms with Gasteiger partial charge < -0.3 is 30.5 Å². The van der Waals surface area contributed by atoms with Gasteiger partial charge in [-0.3, -0.25) is 9.59 Å². The number of rotatable bonds is 4. The maximum atomic E-state index is 13.0. The van der Waals surface area contributed by atoms with Crippen molar-refractivity contribution in [2.75, 3.05) is 21.3 Å². The molecule has 0 aliphatic carbocycles. The lowest BCUT2D eigenvalue weighted by Gasteiger charge is -2.24. The van der Waals surface area contributed by atoms with Crippen molar-refractivity contribution in [3.05, 3.63) is 47.0 Å². The van der Waals surface area contributed by atoms with Crippen molar-refractivity contribution in [1.29, 1.82) is 0 Å². The minimum Gasteiger partial charge on any atom is -0.496 e. The molecule has 0 saturated heterocycles. The molecule has 4 N–H and O–H groups in total. The van der Waals surface area contributed by atoms with Gasteiger partial charge in [-0.05, 0) is 55.8 Å². The van der Waals surface area contributed by atoms with Gasteiger partial charge in [0.15, 0.2) is 0 Å². The number of aliphatic carboxylic acids is 1. The first-order valence-corrected chi connectivity index (χ1v) is 10.6. The van der Waals surface area contributed by atoms with E-state index in [0.29, 0.717) is 33.8 Å². The fourth-order valence-electron chi connectivity index (χ4n) is 4.10. The highest BCUT2D eigenvalue weighted by atomic mass is 16.5. The molecule has 4 bridgehead atoms. The number of amides is 2. The maximum absolute atomic E-state index is 13.0. The van der Waals surface area contributed by atoms with E-state index in [0.717, 1.165) is 5.56 Å². The predicted molar refractivity (Wildman–Crippen MR) is 122 cm³/mol. The number of carbonyl (C=O) groups excluding carboxylic acids is 2. The third-order valence-electron chi connectivity index (χ3n) is 5.74. The number of hydrogen-bond acceptors (Lipinski definition) is 6. The summed E-state index contributed by atoms with van der Waals surface area (Å²) in [6, 6.07) is 6.21. The lowest BCUT2D eigenvalue weighted by Crippen LogP contribution is -2.52. The highest BCUT2D eigenvalue weighted by Gasteiger charge is 2.29. The van der Waals surface area contributed by atoms with Crippen LogP contribution in [0.15, 0.2) is 30.3 Å². The van der Waals surface area contributed by atoms with Crippen molar-refractivity contribution in [2.24, 2.45) is 0 Å².